The lowest BCUT2D eigenvalue weighted by Crippen LogP contribution is -2.31. The predicted molar refractivity (Wildman–Crippen MR) is 119 cm³/mol. The van der Waals surface area contributed by atoms with Gasteiger partial charge >= 0.3 is 0 Å². The average Bonchev–Trinajstić information content (AvgIpc) is 3.18. The Morgan fingerprint density at radius 2 is 1.84 bits per heavy atom. The molecule has 2 heterocycles. The minimum atomic E-state index is -0.522. The number of hydrogen-bond donors (Lipinski definition) is 1. The van der Waals surface area contributed by atoms with Crippen molar-refractivity contribution < 1.29 is 9.72 Å². The van der Waals surface area contributed by atoms with Crippen LogP contribution in [0.5, 0.6) is 0 Å². The van der Waals surface area contributed by atoms with Crippen molar-refractivity contribution in [2.24, 2.45) is 0 Å². The van der Waals surface area contributed by atoms with Gasteiger partial charge in [-0.2, -0.15) is 10.2 Å². The van der Waals surface area contributed by atoms with E-state index in [1.807, 2.05) is 32.0 Å². The van der Waals surface area contributed by atoms with Crippen LogP contribution in [0.15, 0.2) is 53.5 Å². The Morgan fingerprint density at radius 1 is 1.12 bits per heavy atom. The third kappa shape index (κ3) is 3.85. The molecule has 0 aliphatic carbocycles. The van der Waals surface area contributed by atoms with E-state index in [2.05, 4.69) is 15.5 Å². The van der Waals surface area contributed by atoms with Crippen LogP contribution in [-0.4, -0.2) is 30.4 Å². The van der Waals surface area contributed by atoms with Gasteiger partial charge in [-0.15, -0.1) is 0 Å². The van der Waals surface area contributed by atoms with Crippen LogP contribution in [0.3, 0.4) is 0 Å². The molecule has 10 nitrogen and oxygen atoms in total. The highest BCUT2D eigenvalue weighted by atomic mass is 16.6. The highest BCUT2D eigenvalue weighted by Gasteiger charge is 2.17. The normalized spacial score (nSPS) is 11.0. The van der Waals surface area contributed by atoms with E-state index in [1.54, 1.807) is 17.8 Å². The molecule has 2 aromatic carbocycles. The van der Waals surface area contributed by atoms with Crippen molar-refractivity contribution in [3.63, 3.8) is 0 Å². The van der Waals surface area contributed by atoms with Gasteiger partial charge in [-0.05, 0) is 44.5 Å². The van der Waals surface area contributed by atoms with E-state index in [4.69, 9.17) is 0 Å². The topological polar surface area (TPSA) is 125 Å². The number of anilines is 1. The van der Waals surface area contributed by atoms with Gasteiger partial charge in [0.1, 0.15) is 12.1 Å². The van der Waals surface area contributed by atoms with Crippen LogP contribution in [0.2, 0.25) is 0 Å². The van der Waals surface area contributed by atoms with Crippen molar-refractivity contribution >= 4 is 28.2 Å². The molecule has 0 spiro atoms. The zero-order valence-corrected chi connectivity index (χ0v) is 17.7. The summed E-state index contributed by atoms with van der Waals surface area (Å²) in [5, 5.41) is 22.7. The van der Waals surface area contributed by atoms with Crippen LogP contribution in [0, 0.1) is 30.9 Å². The third-order valence-corrected chi connectivity index (χ3v) is 5.10. The van der Waals surface area contributed by atoms with Gasteiger partial charge in [0.2, 0.25) is 5.91 Å². The van der Waals surface area contributed by atoms with Crippen molar-refractivity contribution in [2.45, 2.75) is 27.3 Å². The van der Waals surface area contributed by atoms with E-state index in [1.165, 1.54) is 24.3 Å². The van der Waals surface area contributed by atoms with Gasteiger partial charge in [-0.1, -0.05) is 17.7 Å². The maximum absolute atomic E-state index is 13.2. The first-order valence-electron chi connectivity index (χ1n) is 9.82. The molecule has 10 heteroatoms. The number of amides is 1. The number of aryl methyl sites for hydroxylation is 3. The highest BCUT2D eigenvalue weighted by Crippen LogP contribution is 2.21. The average molecular weight is 432 g/mol. The monoisotopic (exact) mass is 432 g/mol. The van der Waals surface area contributed by atoms with E-state index in [0.29, 0.717) is 22.3 Å². The second-order valence-corrected chi connectivity index (χ2v) is 7.51. The van der Waals surface area contributed by atoms with Crippen molar-refractivity contribution in [1.82, 2.24) is 19.6 Å². The molecule has 0 unspecified atom stereocenters. The Bertz CT molecular complexity index is 1420. The molecule has 4 aromatic rings. The van der Waals surface area contributed by atoms with Gasteiger partial charge in [0.15, 0.2) is 0 Å². The first-order chi connectivity index (χ1) is 15.2. The standard InChI is InChI=1S/C22H20N6O4/c1-13-4-9-19(14(2)10-13)27-21-18(11-23-27)15(3)25-26(22(21)30)12-20(29)24-16-5-7-17(8-6-16)28(31)32/h4-11H,12H2,1-3H3,(H,24,29). The predicted octanol–water partition coefficient (Wildman–Crippen LogP) is 3.05. The number of non-ortho nitro benzene ring substituents is 1. The van der Waals surface area contributed by atoms with Crippen molar-refractivity contribution in [3.05, 3.63) is 86.0 Å². The Balaban J connectivity index is 1.67. The molecular weight excluding hydrogens is 412 g/mol. The molecule has 1 amide bonds. The molecule has 0 aliphatic heterocycles. The number of carbonyl (C=O) groups is 1. The fourth-order valence-corrected chi connectivity index (χ4v) is 3.56. The van der Waals surface area contributed by atoms with E-state index in [0.717, 1.165) is 21.5 Å². The summed E-state index contributed by atoms with van der Waals surface area (Å²) in [4.78, 5) is 36.0. The van der Waals surface area contributed by atoms with Crippen molar-refractivity contribution in [1.29, 1.82) is 0 Å². The molecule has 0 saturated heterocycles. The van der Waals surface area contributed by atoms with Crippen LogP contribution < -0.4 is 10.9 Å². The molecular formula is C22H20N6O4. The number of fused-ring (bicyclic) bond motifs is 1. The largest absolute Gasteiger partial charge is 0.324 e. The zero-order valence-electron chi connectivity index (χ0n) is 17.7. The second-order valence-electron chi connectivity index (χ2n) is 7.51. The minimum absolute atomic E-state index is 0.0818. The van der Waals surface area contributed by atoms with E-state index < -0.39 is 16.4 Å². The maximum atomic E-state index is 13.2. The summed E-state index contributed by atoms with van der Waals surface area (Å²) in [6.07, 6.45) is 1.60. The number of nitro benzene ring substituents is 1. The molecule has 32 heavy (non-hydrogen) atoms. The summed E-state index contributed by atoms with van der Waals surface area (Å²) in [7, 11) is 0. The number of benzene rings is 2. The molecule has 0 radical (unpaired) electrons. The van der Waals surface area contributed by atoms with Crippen LogP contribution in [0.25, 0.3) is 16.6 Å². The number of hydrogen-bond acceptors (Lipinski definition) is 6. The summed E-state index contributed by atoms with van der Waals surface area (Å²) in [6.45, 7) is 5.37. The Labute approximate surface area is 182 Å². The molecule has 0 atom stereocenters. The minimum Gasteiger partial charge on any atom is -0.324 e. The Kier molecular flexibility index (Phi) is 5.27. The quantitative estimate of drug-likeness (QED) is 0.382. The lowest BCUT2D eigenvalue weighted by Gasteiger charge is -2.11. The maximum Gasteiger partial charge on any atom is 0.293 e. The summed E-state index contributed by atoms with van der Waals surface area (Å²) in [5.41, 5.74) is 3.60. The summed E-state index contributed by atoms with van der Waals surface area (Å²) < 4.78 is 2.67. The Hall–Kier alpha value is -4.34. The first kappa shape index (κ1) is 20.9. The van der Waals surface area contributed by atoms with Gasteiger partial charge < -0.3 is 5.32 Å². The van der Waals surface area contributed by atoms with E-state index in [-0.39, 0.29) is 12.2 Å². The van der Waals surface area contributed by atoms with Gasteiger partial charge in [-0.3, -0.25) is 19.7 Å². The van der Waals surface area contributed by atoms with Crippen LogP contribution in [-0.2, 0) is 11.3 Å². The zero-order chi connectivity index (χ0) is 23.0. The van der Waals surface area contributed by atoms with Crippen molar-refractivity contribution in [2.75, 3.05) is 5.32 Å². The summed E-state index contributed by atoms with van der Waals surface area (Å²) >= 11 is 0. The lowest BCUT2D eigenvalue weighted by atomic mass is 10.1. The SMILES string of the molecule is Cc1ccc(-n2ncc3c(C)nn(CC(=O)Nc4ccc([N+](=O)[O-])cc4)c(=O)c32)c(C)c1. The second kappa shape index (κ2) is 8.06. The van der Waals surface area contributed by atoms with E-state index >= 15 is 0 Å². The fourth-order valence-electron chi connectivity index (χ4n) is 3.56. The molecule has 162 valence electrons. The molecule has 4 rings (SSSR count). The number of nitrogens with zero attached hydrogens (tertiary/aromatic N) is 5. The van der Waals surface area contributed by atoms with Gasteiger partial charge in [0.25, 0.3) is 11.2 Å². The molecule has 0 aliphatic rings. The molecule has 2 aromatic heterocycles. The Morgan fingerprint density at radius 3 is 2.50 bits per heavy atom. The van der Waals surface area contributed by atoms with E-state index in [9.17, 15) is 19.7 Å². The summed E-state index contributed by atoms with van der Waals surface area (Å²) in [5.74, 6) is -0.482. The van der Waals surface area contributed by atoms with Gasteiger partial charge in [-0.25, -0.2) is 9.36 Å². The molecule has 0 bridgehead atoms. The highest BCUT2D eigenvalue weighted by molar-refractivity contribution is 5.91. The molecule has 1 N–H and O–H groups in total. The van der Waals surface area contributed by atoms with Crippen LogP contribution >= 0.6 is 0 Å². The van der Waals surface area contributed by atoms with Crippen molar-refractivity contribution in [3.8, 4) is 5.69 Å². The first-order valence-corrected chi connectivity index (χ1v) is 9.82. The van der Waals surface area contributed by atoms with Gasteiger partial charge in [0, 0.05) is 23.2 Å². The number of carbonyl (C=O) groups excluding carboxylic acids is 1. The molecule has 0 fully saturated rings. The van der Waals surface area contributed by atoms with Crippen LogP contribution in [0.4, 0.5) is 11.4 Å². The molecule has 0 saturated carbocycles. The number of aromatic nitrogens is 4. The summed E-state index contributed by atoms with van der Waals surface area (Å²) in [6, 6.07) is 11.3. The van der Waals surface area contributed by atoms with Gasteiger partial charge in [0.05, 0.1) is 22.5 Å². The number of nitrogens with one attached hydrogen (secondary N) is 1. The third-order valence-electron chi connectivity index (χ3n) is 5.10. The lowest BCUT2D eigenvalue weighted by molar-refractivity contribution is -0.384. The fraction of sp³-hybridized carbons (Fsp3) is 0.182. The smallest absolute Gasteiger partial charge is 0.293 e. The number of nitro groups is 1. The number of rotatable bonds is 5. The van der Waals surface area contributed by atoms with Crippen LogP contribution in [0.1, 0.15) is 16.8 Å².